The predicted octanol–water partition coefficient (Wildman–Crippen LogP) is 6.10. The summed E-state index contributed by atoms with van der Waals surface area (Å²) < 4.78 is 17.0. The van der Waals surface area contributed by atoms with Gasteiger partial charge in [-0.05, 0) is 73.0 Å². The third-order valence-corrected chi connectivity index (χ3v) is 7.31. The van der Waals surface area contributed by atoms with Crippen molar-refractivity contribution in [3.8, 4) is 34.6 Å². The number of ether oxygens (including phenoxy) is 3. The number of morpholine rings is 1. The van der Waals surface area contributed by atoms with Crippen molar-refractivity contribution in [2.75, 3.05) is 39.5 Å². The molecule has 0 radical (unpaired) electrons. The Morgan fingerprint density at radius 3 is 2.45 bits per heavy atom. The molecule has 3 aromatic carbocycles. The molecule has 224 valence electrons. The summed E-state index contributed by atoms with van der Waals surface area (Å²) in [5.74, 6) is 6.74. The number of rotatable bonds is 10. The van der Waals surface area contributed by atoms with Crippen LogP contribution in [-0.4, -0.2) is 66.5 Å². The molecule has 4 aromatic rings. The first kappa shape index (κ1) is 30.6. The van der Waals surface area contributed by atoms with E-state index >= 15 is 0 Å². The van der Waals surface area contributed by atoms with Gasteiger partial charge in [0.1, 0.15) is 18.1 Å². The molecule has 1 aliphatic heterocycles. The van der Waals surface area contributed by atoms with Crippen molar-refractivity contribution in [1.29, 1.82) is 0 Å². The summed E-state index contributed by atoms with van der Waals surface area (Å²) in [5.41, 5.74) is 6.73. The Labute approximate surface area is 258 Å². The van der Waals surface area contributed by atoms with Crippen molar-refractivity contribution >= 4 is 11.5 Å². The zero-order chi connectivity index (χ0) is 30.7. The van der Waals surface area contributed by atoms with Crippen LogP contribution in [0.1, 0.15) is 29.2 Å². The summed E-state index contributed by atoms with van der Waals surface area (Å²) in [5, 5.41) is 9.15. The molecule has 0 amide bonds. The summed E-state index contributed by atoms with van der Waals surface area (Å²) >= 11 is 0. The summed E-state index contributed by atoms with van der Waals surface area (Å²) in [7, 11) is 0. The first-order chi connectivity index (χ1) is 21.5. The quantitative estimate of drug-likeness (QED) is 0.224. The molecule has 1 aromatic heterocycles. The maximum Gasteiger partial charge on any atom is 0.344 e. The van der Waals surface area contributed by atoms with Gasteiger partial charge in [-0.1, -0.05) is 60.4 Å². The molecule has 1 aliphatic rings. The van der Waals surface area contributed by atoms with Gasteiger partial charge < -0.3 is 19.3 Å². The SMILES string of the molecule is Cc1cc(OCC=C(c2ccc(C#CCN3CCOCC3)cc2)c2ccc(-c3ccccc3)nc2)ccc1OC(C)C(=O)O. The van der Waals surface area contributed by atoms with Crippen LogP contribution in [0.15, 0.2) is 97.2 Å². The van der Waals surface area contributed by atoms with Gasteiger partial charge in [0.25, 0.3) is 0 Å². The Hall–Kier alpha value is -4.90. The van der Waals surface area contributed by atoms with Crippen LogP contribution in [0.4, 0.5) is 0 Å². The zero-order valence-electron chi connectivity index (χ0n) is 25.0. The number of carboxylic acid groups (broad SMARTS) is 1. The van der Waals surface area contributed by atoms with Crippen LogP contribution in [0.25, 0.3) is 16.8 Å². The molecule has 1 atom stereocenters. The molecule has 7 heteroatoms. The number of benzene rings is 3. The highest BCUT2D eigenvalue weighted by atomic mass is 16.5. The van der Waals surface area contributed by atoms with Gasteiger partial charge >= 0.3 is 5.97 Å². The van der Waals surface area contributed by atoms with Crippen molar-refractivity contribution in [1.82, 2.24) is 9.88 Å². The smallest absolute Gasteiger partial charge is 0.344 e. The minimum Gasteiger partial charge on any atom is -0.489 e. The van der Waals surface area contributed by atoms with Gasteiger partial charge in [0, 0.05) is 36.0 Å². The minimum atomic E-state index is -1.01. The number of carbonyl (C=O) groups is 1. The van der Waals surface area contributed by atoms with Crippen molar-refractivity contribution in [3.05, 3.63) is 119 Å². The summed E-state index contributed by atoms with van der Waals surface area (Å²) in [6.07, 6.45) is 3.00. The maximum absolute atomic E-state index is 11.2. The Morgan fingerprint density at radius 2 is 1.77 bits per heavy atom. The number of aryl methyl sites for hydroxylation is 1. The number of nitrogens with zero attached hydrogens (tertiary/aromatic N) is 2. The van der Waals surface area contributed by atoms with E-state index in [2.05, 4.69) is 34.9 Å². The molecule has 0 bridgehead atoms. The molecular formula is C37H36N2O5. The first-order valence-corrected chi connectivity index (χ1v) is 14.7. The molecule has 1 fully saturated rings. The third-order valence-electron chi connectivity index (χ3n) is 7.31. The fourth-order valence-electron chi connectivity index (χ4n) is 4.79. The molecule has 0 spiro atoms. The normalized spacial score (nSPS) is 14.3. The molecule has 1 saturated heterocycles. The average molecular weight is 589 g/mol. The third kappa shape index (κ3) is 8.35. The highest BCUT2D eigenvalue weighted by Crippen LogP contribution is 2.27. The second-order valence-corrected chi connectivity index (χ2v) is 10.5. The Morgan fingerprint density at radius 1 is 1.02 bits per heavy atom. The minimum absolute atomic E-state index is 0.321. The van der Waals surface area contributed by atoms with Gasteiger partial charge in [0.05, 0.1) is 25.5 Å². The van der Waals surface area contributed by atoms with E-state index < -0.39 is 12.1 Å². The fourth-order valence-corrected chi connectivity index (χ4v) is 4.79. The second kappa shape index (κ2) is 15.0. The van der Waals surface area contributed by atoms with E-state index in [-0.39, 0.29) is 0 Å². The number of pyridine rings is 1. The largest absolute Gasteiger partial charge is 0.489 e. The second-order valence-electron chi connectivity index (χ2n) is 10.5. The van der Waals surface area contributed by atoms with Crippen LogP contribution in [0.5, 0.6) is 11.5 Å². The lowest BCUT2D eigenvalue weighted by Crippen LogP contribution is -2.36. The number of hydrogen-bond acceptors (Lipinski definition) is 6. The van der Waals surface area contributed by atoms with Gasteiger partial charge in [-0.2, -0.15) is 0 Å². The van der Waals surface area contributed by atoms with Gasteiger partial charge in [-0.25, -0.2) is 4.79 Å². The molecule has 44 heavy (non-hydrogen) atoms. The summed E-state index contributed by atoms with van der Waals surface area (Å²) in [6.45, 7) is 7.79. The maximum atomic E-state index is 11.2. The summed E-state index contributed by atoms with van der Waals surface area (Å²) in [4.78, 5) is 18.2. The number of aliphatic carboxylic acids is 1. The van der Waals surface area contributed by atoms with Crippen LogP contribution in [0.2, 0.25) is 0 Å². The van der Waals surface area contributed by atoms with E-state index in [1.807, 2.05) is 73.8 Å². The standard InChI is InChI=1S/C37H36N2O5/c1-27-25-33(15-17-36(27)44-28(2)37(40)41)43-22-18-34(32-14-16-35(38-26-32)31-8-4-3-5-9-31)30-12-10-29(11-13-30)7-6-19-39-20-23-42-24-21-39/h3-5,8-18,25-26,28H,19-24H2,1-2H3,(H,40,41). The van der Waals surface area contributed by atoms with Crippen molar-refractivity contribution in [2.24, 2.45) is 0 Å². The van der Waals surface area contributed by atoms with E-state index in [0.29, 0.717) is 18.1 Å². The molecule has 2 heterocycles. The van der Waals surface area contributed by atoms with E-state index in [4.69, 9.17) is 24.3 Å². The van der Waals surface area contributed by atoms with Crippen LogP contribution in [0.3, 0.4) is 0 Å². The van der Waals surface area contributed by atoms with Gasteiger partial charge in [-0.15, -0.1) is 0 Å². The van der Waals surface area contributed by atoms with Crippen molar-refractivity contribution in [2.45, 2.75) is 20.0 Å². The lowest BCUT2D eigenvalue weighted by atomic mass is 9.97. The molecule has 7 nitrogen and oxygen atoms in total. The monoisotopic (exact) mass is 588 g/mol. The number of aromatic nitrogens is 1. The number of carboxylic acids is 1. The highest BCUT2D eigenvalue weighted by Gasteiger charge is 2.14. The van der Waals surface area contributed by atoms with Crippen molar-refractivity contribution in [3.63, 3.8) is 0 Å². The van der Waals surface area contributed by atoms with Crippen molar-refractivity contribution < 1.29 is 24.1 Å². The predicted molar refractivity (Wildman–Crippen MR) is 172 cm³/mol. The fraction of sp³-hybridized carbons (Fsp3) is 0.243. The van der Waals surface area contributed by atoms with E-state index in [0.717, 1.165) is 71.9 Å². The first-order valence-electron chi connectivity index (χ1n) is 14.7. The highest BCUT2D eigenvalue weighted by molar-refractivity contribution is 5.80. The van der Waals surface area contributed by atoms with E-state index in [1.165, 1.54) is 6.92 Å². The topological polar surface area (TPSA) is 81.1 Å². The van der Waals surface area contributed by atoms with Gasteiger partial charge in [0.2, 0.25) is 0 Å². The van der Waals surface area contributed by atoms with Crippen LogP contribution in [0, 0.1) is 18.8 Å². The lowest BCUT2D eigenvalue weighted by molar-refractivity contribution is -0.144. The molecule has 0 aliphatic carbocycles. The molecule has 1 unspecified atom stereocenters. The van der Waals surface area contributed by atoms with Gasteiger partial charge in [-0.3, -0.25) is 9.88 Å². The molecular weight excluding hydrogens is 552 g/mol. The van der Waals surface area contributed by atoms with Crippen LogP contribution < -0.4 is 9.47 Å². The van der Waals surface area contributed by atoms with E-state index in [1.54, 1.807) is 12.1 Å². The molecule has 5 rings (SSSR count). The lowest BCUT2D eigenvalue weighted by Gasteiger charge is -2.24. The Bertz CT molecular complexity index is 1630. The van der Waals surface area contributed by atoms with Crippen LogP contribution >= 0.6 is 0 Å². The molecule has 0 saturated carbocycles. The number of hydrogen-bond donors (Lipinski definition) is 1. The zero-order valence-corrected chi connectivity index (χ0v) is 25.0. The van der Waals surface area contributed by atoms with E-state index in [9.17, 15) is 4.79 Å². The average Bonchev–Trinajstić information content (AvgIpc) is 3.06. The Kier molecular flexibility index (Phi) is 10.4. The van der Waals surface area contributed by atoms with Crippen LogP contribution in [-0.2, 0) is 9.53 Å². The Balaban J connectivity index is 1.34. The van der Waals surface area contributed by atoms with Gasteiger partial charge in [0.15, 0.2) is 6.10 Å². The summed E-state index contributed by atoms with van der Waals surface area (Å²) in [6, 6.07) is 27.8. The molecule has 1 N–H and O–H groups in total.